The summed E-state index contributed by atoms with van der Waals surface area (Å²) in [5, 5.41) is 9.10. The van der Waals surface area contributed by atoms with Crippen molar-refractivity contribution < 1.29 is 18.6 Å². The van der Waals surface area contributed by atoms with Gasteiger partial charge in [-0.1, -0.05) is 23.7 Å². The summed E-state index contributed by atoms with van der Waals surface area (Å²) >= 11 is 7.78. The van der Waals surface area contributed by atoms with E-state index in [0.29, 0.717) is 53.4 Å². The van der Waals surface area contributed by atoms with Crippen LogP contribution in [0.15, 0.2) is 70.6 Å². The summed E-state index contributed by atoms with van der Waals surface area (Å²) < 4.78 is 25.6. The molecular formula is C30H25ClN4O4S. The van der Waals surface area contributed by atoms with Crippen LogP contribution >= 0.6 is 22.9 Å². The van der Waals surface area contributed by atoms with Crippen LogP contribution in [0.25, 0.3) is 28.1 Å². The second kappa shape index (κ2) is 9.92. The predicted octanol–water partition coefficient (Wildman–Crippen LogP) is 6.85. The number of benzene rings is 2. The molecule has 4 aromatic heterocycles. The molecule has 1 fully saturated rings. The summed E-state index contributed by atoms with van der Waals surface area (Å²) in [6.07, 6.45) is 2.73. The third-order valence-electron chi connectivity index (χ3n) is 7.27. The summed E-state index contributed by atoms with van der Waals surface area (Å²) in [7, 11) is 1.62. The lowest BCUT2D eigenvalue weighted by molar-refractivity contribution is 0.184. The molecule has 1 saturated heterocycles. The molecule has 5 heterocycles. The Morgan fingerprint density at radius 3 is 2.77 bits per heavy atom. The van der Waals surface area contributed by atoms with E-state index < -0.39 is 0 Å². The minimum Gasteiger partial charge on any atom is -0.496 e. The maximum absolute atomic E-state index is 6.32. The topological polar surface area (TPSA) is 83.9 Å². The first-order chi connectivity index (χ1) is 19.5. The Labute approximate surface area is 239 Å². The number of hydrogen-bond acceptors (Lipinski definition) is 8. The fourth-order valence-corrected chi connectivity index (χ4v) is 6.31. The number of methoxy groups -OCH3 is 1. The van der Waals surface area contributed by atoms with Gasteiger partial charge in [0, 0.05) is 29.1 Å². The molecule has 202 valence electrons. The van der Waals surface area contributed by atoms with Gasteiger partial charge in [0.2, 0.25) is 0 Å². The lowest BCUT2D eigenvalue weighted by Crippen LogP contribution is -2.28. The molecule has 0 saturated carbocycles. The zero-order valence-electron chi connectivity index (χ0n) is 21.9. The first-order valence-corrected chi connectivity index (χ1v) is 14.1. The number of rotatable bonds is 7. The average Bonchev–Trinajstić information content (AvgIpc) is 3.76. The van der Waals surface area contributed by atoms with E-state index in [9.17, 15) is 0 Å². The Morgan fingerprint density at radius 2 is 1.98 bits per heavy atom. The van der Waals surface area contributed by atoms with Gasteiger partial charge in [-0.05, 0) is 49.2 Å². The molecule has 1 unspecified atom stereocenters. The minimum absolute atomic E-state index is 0.280. The summed E-state index contributed by atoms with van der Waals surface area (Å²) in [5.41, 5.74) is 4.72. The van der Waals surface area contributed by atoms with Crippen LogP contribution in [-0.2, 0) is 16.8 Å². The van der Waals surface area contributed by atoms with Crippen molar-refractivity contribution in [1.29, 1.82) is 0 Å². The van der Waals surface area contributed by atoms with Gasteiger partial charge >= 0.3 is 0 Å². The van der Waals surface area contributed by atoms with E-state index in [2.05, 4.69) is 27.6 Å². The second-order valence-electron chi connectivity index (χ2n) is 9.88. The lowest BCUT2D eigenvalue weighted by atomic mass is 9.80. The van der Waals surface area contributed by atoms with Crippen LogP contribution in [0.4, 0.5) is 0 Å². The predicted molar refractivity (Wildman–Crippen MR) is 154 cm³/mol. The standard InChI is InChI=1S/C30H25ClN4O4S/c1-18-3-8-28-33-24(14-35(28)34-18)27-13-23-25(11-22(36-2)12-26(23)39-27)38-15-21-16-40-29(32-21)30(9-10-37-17-30)19-4-6-20(31)7-5-19/h3-8,11-14,16H,9-10,15,17H2,1-2H3. The second-order valence-corrected chi connectivity index (χ2v) is 11.2. The SMILES string of the molecule is COc1cc(OCc2csc(C3(c4ccc(Cl)cc4)CCOC3)n2)c2cc(-c3cn4nc(C)ccc4n3)oc2c1. The average molecular weight is 573 g/mol. The number of ether oxygens (including phenoxy) is 3. The van der Waals surface area contributed by atoms with Crippen molar-refractivity contribution in [2.45, 2.75) is 25.4 Å². The van der Waals surface area contributed by atoms with Gasteiger partial charge < -0.3 is 18.6 Å². The Bertz CT molecular complexity index is 1840. The van der Waals surface area contributed by atoms with Gasteiger partial charge in [0.15, 0.2) is 11.4 Å². The molecule has 8 nitrogen and oxygen atoms in total. The molecule has 0 amide bonds. The number of thiazole rings is 1. The Balaban J connectivity index is 1.18. The van der Waals surface area contributed by atoms with Gasteiger partial charge in [-0.2, -0.15) is 5.10 Å². The normalized spacial score (nSPS) is 17.2. The van der Waals surface area contributed by atoms with E-state index >= 15 is 0 Å². The number of halogens is 1. The monoisotopic (exact) mass is 572 g/mol. The van der Waals surface area contributed by atoms with Gasteiger partial charge in [-0.25, -0.2) is 14.5 Å². The van der Waals surface area contributed by atoms with Crippen molar-refractivity contribution in [3.63, 3.8) is 0 Å². The number of aryl methyl sites for hydroxylation is 1. The smallest absolute Gasteiger partial charge is 0.155 e. The molecule has 7 rings (SSSR count). The molecule has 0 bridgehead atoms. The summed E-state index contributed by atoms with van der Waals surface area (Å²) in [6, 6.07) is 17.5. The first-order valence-electron chi connectivity index (χ1n) is 12.9. The highest BCUT2D eigenvalue weighted by Crippen LogP contribution is 2.42. The number of aromatic nitrogens is 4. The van der Waals surface area contributed by atoms with E-state index in [4.69, 9.17) is 35.2 Å². The van der Waals surface area contributed by atoms with Crippen molar-refractivity contribution in [1.82, 2.24) is 19.6 Å². The number of fused-ring (bicyclic) bond motifs is 2. The molecule has 6 aromatic rings. The molecule has 0 spiro atoms. The van der Waals surface area contributed by atoms with Crippen molar-refractivity contribution in [2.24, 2.45) is 0 Å². The zero-order chi connectivity index (χ0) is 27.3. The highest BCUT2D eigenvalue weighted by Gasteiger charge is 2.41. The van der Waals surface area contributed by atoms with E-state index in [1.807, 2.05) is 55.6 Å². The Hall–Kier alpha value is -3.92. The molecule has 0 radical (unpaired) electrons. The van der Waals surface area contributed by atoms with E-state index in [1.165, 1.54) is 0 Å². The van der Waals surface area contributed by atoms with Crippen LogP contribution < -0.4 is 9.47 Å². The van der Waals surface area contributed by atoms with Gasteiger partial charge in [-0.3, -0.25) is 0 Å². The summed E-state index contributed by atoms with van der Waals surface area (Å²) in [5.74, 6) is 1.91. The lowest BCUT2D eigenvalue weighted by Gasteiger charge is -2.25. The molecule has 2 aromatic carbocycles. The molecule has 10 heteroatoms. The third-order valence-corrected chi connectivity index (χ3v) is 8.62. The van der Waals surface area contributed by atoms with Crippen molar-refractivity contribution in [3.05, 3.63) is 93.2 Å². The molecule has 40 heavy (non-hydrogen) atoms. The van der Waals surface area contributed by atoms with Crippen molar-refractivity contribution in [3.8, 4) is 23.0 Å². The third kappa shape index (κ3) is 4.40. The van der Waals surface area contributed by atoms with Crippen LogP contribution in [0.3, 0.4) is 0 Å². The maximum Gasteiger partial charge on any atom is 0.155 e. The number of nitrogens with zero attached hydrogens (tertiary/aromatic N) is 4. The van der Waals surface area contributed by atoms with Crippen LogP contribution in [0.2, 0.25) is 5.02 Å². The fraction of sp³-hybridized carbons (Fsp3) is 0.233. The summed E-state index contributed by atoms with van der Waals surface area (Å²) in [4.78, 5) is 9.66. The molecule has 1 aliphatic heterocycles. The Morgan fingerprint density at radius 1 is 1.10 bits per heavy atom. The van der Waals surface area contributed by atoms with E-state index in [1.54, 1.807) is 23.0 Å². The highest BCUT2D eigenvalue weighted by molar-refractivity contribution is 7.09. The van der Waals surface area contributed by atoms with Gasteiger partial charge in [0.1, 0.15) is 34.4 Å². The molecular weight excluding hydrogens is 548 g/mol. The van der Waals surface area contributed by atoms with Crippen LogP contribution in [0.1, 0.15) is 28.4 Å². The van der Waals surface area contributed by atoms with E-state index in [-0.39, 0.29) is 5.41 Å². The molecule has 1 atom stereocenters. The van der Waals surface area contributed by atoms with Crippen LogP contribution in [-0.4, -0.2) is 39.9 Å². The van der Waals surface area contributed by atoms with Crippen molar-refractivity contribution >= 4 is 39.6 Å². The molecule has 1 aliphatic rings. The zero-order valence-corrected chi connectivity index (χ0v) is 23.5. The maximum atomic E-state index is 6.32. The number of hydrogen-bond donors (Lipinski definition) is 0. The first kappa shape index (κ1) is 25.1. The number of furan rings is 1. The van der Waals surface area contributed by atoms with Gasteiger partial charge in [0.25, 0.3) is 0 Å². The van der Waals surface area contributed by atoms with E-state index in [0.717, 1.165) is 39.4 Å². The number of imidazole rings is 1. The highest BCUT2D eigenvalue weighted by atomic mass is 35.5. The largest absolute Gasteiger partial charge is 0.496 e. The quantitative estimate of drug-likeness (QED) is 0.207. The molecule has 0 aliphatic carbocycles. The van der Waals surface area contributed by atoms with Crippen molar-refractivity contribution in [2.75, 3.05) is 20.3 Å². The Kier molecular flexibility index (Phi) is 6.22. The van der Waals surface area contributed by atoms with Crippen LogP contribution in [0.5, 0.6) is 11.5 Å². The van der Waals surface area contributed by atoms with Crippen LogP contribution in [0, 0.1) is 6.92 Å². The fourth-order valence-electron chi connectivity index (χ4n) is 5.14. The molecule has 0 N–H and O–H groups in total. The van der Waals surface area contributed by atoms with Gasteiger partial charge in [0.05, 0.1) is 42.1 Å². The summed E-state index contributed by atoms with van der Waals surface area (Å²) in [6.45, 7) is 3.53. The minimum atomic E-state index is -0.280. The van der Waals surface area contributed by atoms with Gasteiger partial charge in [-0.15, -0.1) is 11.3 Å².